The maximum atomic E-state index is 5.18. The molecular weight excluding hydrogens is 701 g/mol. The fourth-order valence-electron chi connectivity index (χ4n) is 8.22. The van der Waals surface area contributed by atoms with Crippen molar-refractivity contribution in [3.8, 4) is 27.9 Å². The second-order valence-electron chi connectivity index (χ2n) is 14.2. The summed E-state index contributed by atoms with van der Waals surface area (Å²) in [5.74, 6) is 1.49. The number of nitrogens with one attached hydrogen (secondary N) is 1. The van der Waals surface area contributed by atoms with Crippen LogP contribution in [0.4, 0.5) is 0 Å². The molecule has 1 aliphatic heterocycles. The van der Waals surface area contributed by atoms with Crippen LogP contribution in [-0.2, 0) is 0 Å². The first-order valence-electron chi connectivity index (χ1n) is 18.9. The molecule has 0 aliphatic carbocycles. The summed E-state index contributed by atoms with van der Waals surface area (Å²) in [5, 5.41) is 8.75. The number of benzene rings is 8. The van der Waals surface area contributed by atoms with Gasteiger partial charge in [-0.1, -0.05) is 164 Å². The number of nitrogens with zero attached hydrogens (tertiary/aromatic N) is 3. The molecule has 1 aliphatic rings. The lowest BCUT2D eigenvalue weighted by atomic mass is 9.99. The minimum atomic E-state index is -0.284. The average Bonchev–Trinajstić information content (AvgIpc) is 3.83. The number of amidine groups is 2. The van der Waals surface area contributed by atoms with Crippen molar-refractivity contribution >= 4 is 65.0 Å². The van der Waals surface area contributed by atoms with Crippen molar-refractivity contribution in [3.63, 3.8) is 0 Å². The predicted octanol–water partition coefficient (Wildman–Crippen LogP) is 13.0. The Balaban J connectivity index is 1.12. The van der Waals surface area contributed by atoms with Crippen LogP contribution in [0.2, 0.25) is 0 Å². The fraction of sp³-hybridized carbons (Fsp3) is 0.0196. The van der Waals surface area contributed by atoms with Gasteiger partial charge in [0.05, 0.1) is 16.7 Å². The number of thiophene rings is 1. The molecule has 0 radical (unpaired) electrons. The highest BCUT2D eigenvalue weighted by molar-refractivity contribution is 7.26. The first kappa shape index (κ1) is 32.4. The van der Waals surface area contributed by atoms with Gasteiger partial charge < -0.3 is 9.88 Å². The molecule has 0 fully saturated rings. The van der Waals surface area contributed by atoms with Crippen LogP contribution < -0.4 is 5.32 Å². The summed E-state index contributed by atoms with van der Waals surface area (Å²) in [4.78, 5) is 10.3. The molecule has 1 N–H and O–H groups in total. The van der Waals surface area contributed by atoms with Gasteiger partial charge in [0.25, 0.3) is 0 Å². The molecule has 0 amide bonds. The monoisotopic (exact) mass is 734 g/mol. The van der Waals surface area contributed by atoms with Crippen LogP contribution in [-0.4, -0.2) is 16.2 Å². The first-order valence-corrected chi connectivity index (χ1v) is 19.8. The Labute approximate surface area is 328 Å². The van der Waals surface area contributed by atoms with E-state index in [1.807, 2.05) is 35.6 Å². The van der Waals surface area contributed by atoms with E-state index in [4.69, 9.17) is 9.98 Å². The van der Waals surface area contributed by atoms with Crippen LogP contribution in [0.15, 0.2) is 204 Å². The number of hydrogen-bond acceptors (Lipinski definition) is 4. The van der Waals surface area contributed by atoms with Crippen molar-refractivity contribution < 1.29 is 0 Å². The molecule has 11 rings (SSSR count). The van der Waals surface area contributed by atoms with E-state index in [1.54, 1.807) is 0 Å². The molecule has 2 aromatic heterocycles. The van der Waals surface area contributed by atoms with Gasteiger partial charge in [0.2, 0.25) is 0 Å². The normalized spacial score (nSPS) is 14.2. The van der Waals surface area contributed by atoms with Crippen LogP contribution >= 0.6 is 11.3 Å². The molecule has 0 saturated heterocycles. The van der Waals surface area contributed by atoms with E-state index in [2.05, 4.69) is 180 Å². The van der Waals surface area contributed by atoms with Gasteiger partial charge in [0.1, 0.15) is 12.0 Å². The van der Waals surface area contributed by atoms with E-state index < -0.39 is 0 Å². The van der Waals surface area contributed by atoms with Gasteiger partial charge in [0.15, 0.2) is 5.84 Å². The number of para-hydroxylation sites is 1. The molecule has 0 bridgehead atoms. The molecule has 3 heterocycles. The van der Waals surface area contributed by atoms with E-state index in [1.165, 1.54) is 42.1 Å². The van der Waals surface area contributed by atoms with Crippen LogP contribution in [0.1, 0.15) is 22.9 Å². The van der Waals surface area contributed by atoms with Crippen LogP contribution in [0.5, 0.6) is 0 Å². The van der Waals surface area contributed by atoms with Gasteiger partial charge in [-0.25, -0.2) is 9.98 Å². The highest BCUT2D eigenvalue weighted by atomic mass is 32.1. The Hall–Kier alpha value is -7.08. The molecule has 5 heteroatoms. The summed E-state index contributed by atoms with van der Waals surface area (Å²) in [6.45, 7) is 0. The average molecular weight is 735 g/mol. The lowest BCUT2D eigenvalue weighted by Crippen LogP contribution is -2.33. The number of rotatable bonds is 6. The van der Waals surface area contributed by atoms with Crippen molar-refractivity contribution in [2.45, 2.75) is 6.17 Å². The fourth-order valence-corrected chi connectivity index (χ4v) is 9.46. The molecule has 10 aromatic rings. The lowest BCUT2D eigenvalue weighted by Gasteiger charge is -2.24. The van der Waals surface area contributed by atoms with Crippen molar-refractivity contribution in [1.82, 2.24) is 9.88 Å². The van der Waals surface area contributed by atoms with Crippen molar-refractivity contribution in [3.05, 3.63) is 211 Å². The SMILES string of the molecule is c1ccc(C2=NC(c3ccccc3)NC(c3ccc(-c4ccccc4)c(-n4c5ccccc5c5cc(-c6cccc7c6sc6ccccc67)ccc54)c3)=N2)cc1. The molecule has 1 unspecified atom stereocenters. The summed E-state index contributed by atoms with van der Waals surface area (Å²) >= 11 is 1.88. The quantitative estimate of drug-likeness (QED) is 0.182. The van der Waals surface area contributed by atoms with E-state index in [9.17, 15) is 0 Å². The molecule has 0 spiro atoms. The number of fused-ring (bicyclic) bond motifs is 6. The second kappa shape index (κ2) is 13.3. The Morgan fingerprint density at radius 1 is 0.464 bits per heavy atom. The maximum Gasteiger partial charge on any atom is 0.159 e. The molecule has 0 saturated carbocycles. The third kappa shape index (κ3) is 5.44. The summed E-state index contributed by atoms with van der Waals surface area (Å²) in [6, 6.07) is 69.3. The minimum absolute atomic E-state index is 0.284. The zero-order chi connectivity index (χ0) is 37.0. The molecule has 8 aromatic carbocycles. The molecular formula is C51H34N4S. The highest BCUT2D eigenvalue weighted by Crippen LogP contribution is 2.43. The van der Waals surface area contributed by atoms with Gasteiger partial charge in [-0.3, -0.25) is 0 Å². The molecule has 264 valence electrons. The topological polar surface area (TPSA) is 41.7 Å². The molecule has 56 heavy (non-hydrogen) atoms. The minimum Gasteiger partial charge on any atom is -0.344 e. The summed E-state index contributed by atoms with van der Waals surface area (Å²) < 4.78 is 5.07. The van der Waals surface area contributed by atoms with E-state index in [0.717, 1.165) is 50.4 Å². The first-order chi connectivity index (χ1) is 27.8. The summed E-state index contributed by atoms with van der Waals surface area (Å²) in [6.07, 6.45) is -0.284. The van der Waals surface area contributed by atoms with E-state index in [-0.39, 0.29) is 6.17 Å². The Morgan fingerprint density at radius 3 is 1.95 bits per heavy atom. The Morgan fingerprint density at radius 2 is 1.12 bits per heavy atom. The van der Waals surface area contributed by atoms with Gasteiger partial charge in [-0.15, -0.1) is 11.3 Å². The third-order valence-corrected chi connectivity index (χ3v) is 12.1. The maximum absolute atomic E-state index is 5.18. The zero-order valence-electron chi connectivity index (χ0n) is 30.3. The summed E-state index contributed by atoms with van der Waals surface area (Å²) in [7, 11) is 0. The van der Waals surface area contributed by atoms with Gasteiger partial charge in [-0.05, 0) is 52.6 Å². The lowest BCUT2D eigenvalue weighted by molar-refractivity contribution is 0.674. The number of aromatic nitrogens is 1. The van der Waals surface area contributed by atoms with Crippen molar-refractivity contribution in [2.24, 2.45) is 9.98 Å². The second-order valence-corrected chi connectivity index (χ2v) is 15.3. The highest BCUT2D eigenvalue weighted by Gasteiger charge is 2.23. The van der Waals surface area contributed by atoms with Crippen LogP contribution in [0.3, 0.4) is 0 Å². The largest absolute Gasteiger partial charge is 0.344 e. The number of aliphatic imine (C=N–C) groups is 2. The van der Waals surface area contributed by atoms with Crippen molar-refractivity contribution in [1.29, 1.82) is 0 Å². The van der Waals surface area contributed by atoms with Gasteiger partial charge in [-0.2, -0.15) is 0 Å². The smallest absolute Gasteiger partial charge is 0.159 e. The summed E-state index contributed by atoms with van der Waals surface area (Å²) in [5.41, 5.74) is 11.2. The van der Waals surface area contributed by atoms with Gasteiger partial charge in [0, 0.05) is 47.6 Å². The standard InChI is InChI=1S/C51H34N4S/c1-4-15-33(16-5-1)38-29-27-37(51-53-49(34-17-6-2-7-18-34)52-50(54-51)35-19-8-3-9-20-35)32-46(38)55-44-25-12-10-21-40(44)43-31-36(28-30-45(43)55)39-23-14-24-42-41-22-11-13-26-47(41)56-48(39)42/h1-32,49H,(H,52,53,54). The van der Waals surface area contributed by atoms with E-state index >= 15 is 0 Å². The Bertz CT molecular complexity index is 3160. The van der Waals surface area contributed by atoms with E-state index in [0.29, 0.717) is 5.84 Å². The number of hydrogen-bond donors (Lipinski definition) is 1. The molecule has 1 atom stereocenters. The Kier molecular flexibility index (Phi) is 7.71. The zero-order valence-corrected chi connectivity index (χ0v) is 31.1. The van der Waals surface area contributed by atoms with Crippen LogP contribution in [0, 0.1) is 0 Å². The predicted molar refractivity (Wildman–Crippen MR) is 236 cm³/mol. The van der Waals surface area contributed by atoms with Gasteiger partial charge >= 0.3 is 0 Å². The van der Waals surface area contributed by atoms with Crippen molar-refractivity contribution in [2.75, 3.05) is 0 Å². The van der Waals surface area contributed by atoms with Crippen LogP contribution in [0.25, 0.3) is 69.9 Å². The third-order valence-electron chi connectivity index (χ3n) is 10.9. The molecule has 4 nitrogen and oxygen atoms in total.